The van der Waals surface area contributed by atoms with Crippen molar-refractivity contribution in [2.24, 2.45) is 5.73 Å². The third-order valence-electron chi connectivity index (χ3n) is 2.71. The molecule has 0 spiro atoms. The number of hydrogen-bond acceptors (Lipinski definition) is 4. The van der Waals surface area contributed by atoms with E-state index in [1.165, 1.54) is 25.9 Å². The lowest BCUT2D eigenvalue weighted by atomic mass is 10.3. The molecule has 0 aromatic heterocycles. The van der Waals surface area contributed by atoms with Crippen molar-refractivity contribution in [2.45, 2.75) is 25.3 Å². The maximum atomic E-state index is 10.4. The van der Waals surface area contributed by atoms with Gasteiger partial charge >= 0.3 is 5.97 Å². The third kappa shape index (κ3) is 5.11. The highest BCUT2D eigenvalue weighted by molar-refractivity contribution is 5.73. The van der Waals surface area contributed by atoms with Gasteiger partial charge in [0.15, 0.2) is 0 Å². The smallest absolute Gasteiger partial charge is 0.321 e. The van der Waals surface area contributed by atoms with Gasteiger partial charge in [0.1, 0.15) is 6.04 Å². The molecule has 5 nitrogen and oxygen atoms in total. The second-order valence-corrected chi connectivity index (χ2v) is 4.05. The quantitative estimate of drug-likeness (QED) is 0.498. The minimum atomic E-state index is -0.943. The molecule has 0 aliphatic carbocycles. The molecule has 1 aliphatic rings. The van der Waals surface area contributed by atoms with Crippen molar-refractivity contribution < 1.29 is 9.90 Å². The van der Waals surface area contributed by atoms with Gasteiger partial charge in [-0.2, -0.15) is 0 Å². The van der Waals surface area contributed by atoms with Crippen molar-refractivity contribution in [1.82, 2.24) is 10.2 Å². The van der Waals surface area contributed by atoms with Gasteiger partial charge in [-0.05, 0) is 45.4 Å². The molecule has 0 aromatic carbocycles. The van der Waals surface area contributed by atoms with Gasteiger partial charge < -0.3 is 21.1 Å². The number of hydrogen-bond donors (Lipinski definition) is 3. The molecule has 1 aliphatic heterocycles. The van der Waals surface area contributed by atoms with Gasteiger partial charge in [0, 0.05) is 6.54 Å². The van der Waals surface area contributed by atoms with Gasteiger partial charge in [-0.25, -0.2) is 0 Å². The van der Waals surface area contributed by atoms with Gasteiger partial charge in [0.05, 0.1) is 0 Å². The zero-order chi connectivity index (χ0) is 11.1. The van der Waals surface area contributed by atoms with Crippen LogP contribution in [0.4, 0.5) is 0 Å². The van der Waals surface area contributed by atoms with Crippen molar-refractivity contribution in [1.29, 1.82) is 0 Å². The van der Waals surface area contributed by atoms with E-state index in [2.05, 4.69) is 10.2 Å². The second-order valence-electron chi connectivity index (χ2n) is 4.05. The Morgan fingerprint density at radius 2 is 2.13 bits per heavy atom. The topological polar surface area (TPSA) is 78.6 Å². The Morgan fingerprint density at radius 1 is 1.47 bits per heavy atom. The fraction of sp³-hybridized carbons (Fsp3) is 0.900. The van der Waals surface area contributed by atoms with E-state index in [4.69, 9.17) is 10.8 Å². The Kier molecular flexibility index (Phi) is 5.60. The van der Waals surface area contributed by atoms with Crippen LogP contribution in [-0.2, 0) is 4.79 Å². The SMILES string of the molecule is NC(CNCCCN1CCCC1)C(=O)O. The van der Waals surface area contributed by atoms with Crippen LogP contribution in [0.2, 0.25) is 0 Å². The van der Waals surface area contributed by atoms with E-state index in [1.54, 1.807) is 0 Å². The largest absolute Gasteiger partial charge is 0.480 e. The molecule has 1 unspecified atom stereocenters. The lowest BCUT2D eigenvalue weighted by molar-refractivity contribution is -0.138. The number of aliphatic carboxylic acids is 1. The first-order chi connectivity index (χ1) is 7.20. The van der Waals surface area contributed by atoms with Crippen molar-refractivity contribution in [2.75, 3.05) is 32.7 Å². The molecule has 4 N–H and O–H groups in total. The number of nitrogens with two attached hydrogens (primary N) is 1. The van der Waals surface area contributed by atoms with E-state index in [0.717, 1.165) is 19.5 Å². The van der Waals surface area contributed by atoms with E-state index < -0.39 is 12.0 Å². The van der Waals surface area contributed by atoms with Crippen LogP contribution >= 0.6 is 0 Å². The lowest BCUT2D eigenvalue weighted by Gasteiger charge is -2.14. The summed E-state index contributed by atoms with van der Waals surface area (Å²) in [5.74, 6) is -0.943. The second kappa shape index (κ2) is 6.76. The first-order valence-electron chi connectivity index (χ1n) is 5.61. The van der Waals surface area contributed by atoms with Crippen LogP contribution in [0.1, 0.15) is 19.3 Å². The summed E-state index contributed by atoms with van der Waals surface area (Å²) < 4.78 is 0. The molecule has 88 valence electrons. The minimum absolute atomic E-state index is 0.356. The number of carbonyl (C=O) groups is 1. The predicted molar refractivity (Wildman–Crippen MR) is 58.8 cm³/mol. The summed E-state index contributed by atoms with van der Waals surface area (Å²) in [6, 6.07) is -0.781. The van der Waals surface area contributed by atoms with Crippen LogP contribution in [0, 0.1) is 0 Å². The molecule has 0 aromatic rings. The first kappa shape index (κ1) is 12.4. The number of rotatable bonds is 7. The summed E-state index contributed by atoms with van der Waals surface area (Å²) in [5.41, 5.74) is 5.35. The highest BCUT2D eigenvalue weighted by atomic mass is 16.4. The monoisotopic (exact) mass is 215 g/mol. The number of nitrogens with one attached hydrogen (secondary N) is 1. The van der Waals surface area contributed by atoms with E-state index >= 15 is 0 Å². The normalized spacial score (nSPS) is 19.3. The summed E-state index contributed by atoms with van der Waals surface area (Å²) in [4.78, 5) is 12.8. The summed E-state index contributed by atoms with van der Waals surface area (Å²) >= 11 is 0. The molecule has 0 amide bonds. The average molecular weight is 215 g/mol. The first-order valence-corrected chi connectivity index (χ1v) is 5.61. The molecular weight excluding hydrogens is 194 g/mol. The number of carboxylic acids is 1. The minimum Gasteiger partial charge on any atom is -0.480 e. The average Bonchev–Trinajstić information content (AvgIpc) is 2.69. The Bertz CT molecular complexity index is 193. The summed E-state index contributed by atoms with van der Waals surface area (Å²) in [7, 11) is 0. The van der Waals surface area contributed by atoms with Gasteiger partial charge in [0.2, 0.25) is 0 Å². The molecule has 15 heavy (non-hydrogen) atoms. The van der Waals surface area contributed by atoms with Crippen molar-refractivity contribution in [3.8, 4) is 0 Å². The van der Waals surface area contributed by atoms with Crippen molar-refractivity contribution in [3.05, 3.63) is 0 Å². The molecule has 0 saturated carbocycles. The fourth-order valence-electron chi connectivity index (χ4n) is 1.78. The lowest BCUT2D eigenvalue weighted by Crippen LogP contribution is -2.40. The molecule has 1 atom stereocenters. The Hall–Kier alpha value is -0.650. The van der Waals surface area contributed by atoms with Crippen LogP contribution < -0.4 is 11.1 Å². The van der Waals surface area contributed by atoms with Crippen LogP contribution in [-0.4, -0.2) is 54.7 Å². The number of nitrogens with zero attached hydrogens (tertiary/aromatic N) is 1. The third-order valence-corrected chi connectivity index (χ3v) is 2.71. The highest BCUT2D eigenvalue weighted by Gasteiger charge is 2.11. The Labute approximate surface area is 90.6 Å². The molecule has 1 saturated heterocycles. The van der Waals surface area contributed by atoms with E-state index in [-0.39, 0.29) is 0 Å². The Balaban J connectivity index is 1.90. The van der Waals surface area contributed by atoms with Gasteiger partial charge in [-0.1, -0.05) is 0 Å². The molecule has 1 fully saturated rings. The van der Waals surface area contributed by atoms with Gasteiger partial charge in [-0.3, -0.25) is 4.79 Å². The van der Waals surface area contributed by atoms with Crippen molar-refractivity contribution in [3.63, 3.8) is 0 Å². The summed E-state index contributed by atoms with van der Waals surface area (Å²) in [6.07, 6.45) is 3.70. The molecule has 5 heteroatoms. The van der Waals surface area contributed by atoms with Gasteiger partial charge in [-0.15, -0.1) is 0 Å². The van der Waals surface area contributed by atoms with E-state index in [0.29, 0.717) is 6.54 Å². The number of carboxylic acid groups (broad SMARTS) is 1. The summed E-state index contributed by atoms with van der Waals surface area (Å²) in [6.45, 7) is 4.74. The standard InChI is InChI=1S/C10H21N3O2/c11-9(10(14)15)8-12-4-3-7-13-5-1-2-6-13/h9,12H,1-8,11H2,(H,14,15). The molecule has 0 radical (unpaired) electrons. The highest BCUT2D eigenvalue weighted by Crippen LogP contribution is 2.06. The predicted octanol–water partition coefficient (Wildman–Crippen LogP) is -0.526. The fourth-order valence-corrected chi connectivity index (χ4v) is 1.78. The molecule has 1 heterocycles. The summed E-state index contributed by atoms with van der Waals surface area (Å²) in [5, 5.41) is 11.6. The van der Waals surface area contributed by atoms with E-state index in [1.807, 2.05) is 0 Å². The zero-order valence-corrected chi connectivity index (χ0v) is 9.11. The zero-order valence-electron chi connectivity index (χ0n) is 9.11. The van der Waals surface area contributed by atoms with Crippen LogP contribution in [0.15, 0.2) is 0 Å². The van der Waals surface area contributed by atoms with Gasteiger partial charge in [0.25, 0.3) is 0 Å². The van der Waals surface area contributed by atoms with Crippen molar-refractivity contribution >= 4 is 5.97 Å². The maximum Gasteiger partial charge on any atom is 0.321 e. The number of likely N-dealkylation sites (tertiary alicyclic amines) is 1. The molecule has 0 bridgehead atoms. The maximum absolute atomic E-state index is 10.4. The van der Waals surface area contributed by atoms with Crippen LogP contribution in [0.25, 0.3) is 0 Å². The molecule has 1 rings (SSSR count). The van der Waals surface area contributed by atoms with Crippen LogP contribution in [0.3, 0.4) is 0 Å². The molecular formula is C10H21N3O2. The van der Waals surface area contributed by atoms with E-state index in [9.17, 15) is 4.79 Å². The Morgan fingerprint density at radius 3 is 2.73 bits per heavy atom. The van der Waals surface area contributed by atoms with Crippen LogP contribution in [0.5, 0.6) is 0 Å².